The normalized spacial score (nSPS) is 21.1. The van der Waals surface area contributed by atoms with Crippen molar-refractivity contribution in [1.29, 1.82) is 5.41 Å². The Morgan fingerprint density at radius 1 is 1.50 bits per heavy atom. The third-order valence-electron chi connectivity index (χ3n) is 2.41. The van der Waals surface area contributed by atoms with Gasteiger partial charge in [-0.3, -0.25) is 9.79 Å². The molecule has 1 heterocycles. The predicted molar refractivity (Wildman–Crippen MR) is 61.3 cm³/mol. The summed E-state index contributed by atoms with van der Waals surface area (Å²) in [6, 6.07) is 0. The second-order valence-corrected chi connectivity index (χ2v) is 3.85. The van der Waals surface area contributed by atoms with Gasteiger partial charge in [-0.2, -0.15) is 0 Å². The summed E-state index contributed by atoms with van der Waals surface area (Å²) in [5.74, 6) is -0.864. The van der Waals surface area contributed by atoms with Gasteiger partial charge in [-0.25, -0.2) is 0 Å². The highest BCUT2D eigenvalue weighted by atomic mass is 16.5. The van der Waals surface area contributed by atoms with Crippen LogP contribution in [-0.2, 0) is 9.53 Å². The van der Waals surface area contributed by atoms with E-state index in [4.69, 9.17) is 15.3 Å². The Bertz CT molecular complexity index is 270. The molecule has 1 rings (SSSR count). The van der Waals surface area contributed by atoms with Gasteiger partial charge in [0.2, 0.25) is 0 Å². The first-order chi connectivity index (χ1) is 7.68. The minimum atomic E-state index is -0.864. The van der Waals surface area contributed by atoms with Gasteiger partial charge in [-0.1, -0.05) is 0 Å². The third kappa shape index (κ3) is 5.60. The Morgan fingerprint density at radius 2 is 2.31 bits per heavy atom. The van der Waals surface area contributed by atoms with Crippen molar-refractivity contribution in [2.75, 3.05) is 6.61 Å². The van der Waals surface area contributed by atoms with Gasteiger partial charge in [0, 0.05) is 25.0 Å². The first-order valence-electron chi connectivity index (χ1n) is 5.60. The SMILES string of the molecule is N=C(CC=NC1CCCCO1)CCC(=O)O. The van der Waals surface area contributed by atoms with Crippen LogP contribution in [0.15, 0.2) is 4.99 Å². The lowest BCUT2D eigenvalue weighted by atomic mass is 10.1. The summed E-state index contributed by atoms with van der Waals surface area (Å²) in [7, 11) is 0. The van der Waals surface area contributed by atoms with Gasteiger partial charge in [-0.15, -0.1) is 0 Å². The molecular formula is C11H18N2O3. The predicted octanol–water partition coefficient (Wildman–Crippen LogP) is 1.86. The number of carbonyl (C=O) groups is 1. The van der Waals surface area contributed by atoms with Crippen molar-refractivity contribution in [3.05, 3.63) is 0 Å². The number of hydrogen-bond donors (Lipinski definition) is 2. The highest BCUT2D eigenvalue weighted by Gasteiger charge is 2.10. The Morgan fingerprint density at radius 3 is 2.94 bits per heavy atom. The molecule has 0 aromatic heterocycles. The third-order valence-corrected chi connectivity index (χ3v) is 2.41. The average molecular weight is 226 g/mol. The lowest BCUT2D eigenvalue weighted by molar-refractivity contribution is -0.136. The Kier molecular flexibility index (Phi) is 5.71. The number of nitrogens with one attached hydrogen (secondary N) is 1. The lowest BCUT2D eigenvalue weighted by Crippen LogP contribution is -2.16. The molecule has 0 aliphatic carbocycles. The van der Waals surface area contributed by atoms with Crippen molar-refractivity contribution < 1.29 is 14.6 Å². The summed E-state index contributed by atoms with van der Waals surface area (Å²) < 4.78 is 5.40. The number of ether oxygens (including phenoxy) is 1. The maximum absolute atomic E-state index is 10.3. The van der Waals surface area contributed by atoms with E-state index in [2.05, 4.69) is 4.99 Å². The smallest absolute Gasteiger partial charge is 0.303 e. The first kappa shape index (κ1) is 12.8. The second-order valence-electron chi connectivity index (χ2n) is 3.85. The summed E-state index contributed by atoms with van der Waals surface area (Å²) in [5, 5.41) is 15.9. The molecule has 0 aromatic rings. The number of carboxylic acid groups (broad SMARTS) is 1. The van der Waals surface area contributed by atoms with Crippen LogP contribution in [0.2, 0.25) is 0 Å². The largest absolute Gasteiger partial charge is 0.481 e. The molecule has 1 aliphatic rings. The van der Waals surface area contributed by atoms with E-state index in [-0.39, 0.29) is 12.6 Å². The topological polar surface area (TPSA) is 82.7 Å². The summed E-state index contributed by atoms with van der Waals surface area (Å²) in [4.78, 5) is 14.5. The quantitative estimate of drug-likeness (QED) is 0.678. The minimum absolute atomic E-state index is 0.0204. The summed E-state index contributed by atoms with van der Waals surface area (Å²) >= 11 is 0. The van der Waals surface area contributed by atoms with Crippen molar-refractivity contribution in [3.8, 4) is 0 Å². The van der Waals surface area contributed by atoms with Crippen molar-refractivity contribution >= 4 is 17.9 Å². The standard InChI is InChI=1S/C11H18N2O3/c12-9(4-5-11(14)15)6-7-13-10-3-1-2-8-16-10/h7,10,12H,1-6,8H2,(H,14,15). The zero-order valence-corrected chi connectivity index (χ0v) is 9.32. The van der Waals surface area contributed by atoms with E-state index in [1.54, 1.807) is 6.21 Å². The Hall–Kier alpha value is -1.23. The number of rotatable bonds is 6. The van der Waals surface area contributed by atoms with E-state index >= 15 is 0 Å². The molecule has 0 radical (unpaired) electrons. The average Bonchev–Trinajstić information content (AvgIpc) is 2.28. The molecule has 5 heteroatoms. The molecule has 0 saturated carbocycles. The molecular weight excluding hydrogens is 208 g/mol. The summed E-state index contributed by atoms with van der Waals surface area (Å²) in [6.07, 6.45) is 5.53. The van der Waals surface area contributed by atoms with E-state index in [1.807, 2.05) is 0 Å². The van der Waals surface area contributed by atoms with Gasteiger partial charge >= 0.3 is 5.97 Å². The molecule has 2 N–H and O–H groups in total. The van der Waals surface area contributed by atoms with Crippen LogP contribution in [0.25, 0.3) is 0 Å². The van der Waals surface area contributed by atoms with Crippen LogP contribution in [0, 0.1) is 5.41 Å². The minimum Gasteiger partial charge on any atom is -0.481 e. The molecule has 0 spiro atoms. The molecule has 0 aromatic carbocycles. The van der Waals surface area contributed by atoms with E-state index in [0.29, 0.717) is 18.6 Å². The maximum Gasteiger partial charge on any atom is 0.303 e. The molecule has 1 atom stereocenters. The van der Waals surface area contributed by atoms with Gasteiger partial charge in [0.25, 0.3) is 0 Å². The van der Waals surface area contributed by atoms with Gasteiger partial charge in [0.1, 0.15) is 6.23 Å². The summed E-state index contributed by atoms with van der Waals surface area (Å²) in [6.45, 7) is 0.762. The molecule has 1 saturated heterocycles. The van der Waals surface area contributed by atoms with E-state index in [1.165, 1.54) is 0 Å². The van der Waals surface area contributed by atoms with Crippen molar-refractivity contribution in [2.45, 2.75) is 44.8 Å². The van der Waals surface area contributed by atoms with Crippen LogP contribution in [0.5, 0.6) is 0 Å². The van der Waals surface area contributed by atoms with Crippen molar-refractivity contribution in [1.82, 2.24) is 0 Å². The molecule has 1 unspecified atom stereocenters. The Balaban J connectivity index is 2.14. The van der Waals surface area contributed by atoms with Crippen LogP contribution < -0.4 is 0 Å². The first-order valence-corrected chi connectivity index (χ1v) is 5.60. The number of aliphatic carboxylic acids is 1. The molecule has 90 valence electrons. The van der Waals surface area contributed by atoms with Crippen molar-refractivity contribution in [3.63, 3.8) is 0 Å². The highest BCUT2D eigenvalue weighted by molar-refractivity contribution is 5.94. The number of aliphatic imine (C=N–C) groups is 1. The molecule has 0 amide bonds. The molecule has 1 aliphatic heterocycles. The molecule has 16 heavy (non-hydrogen) atoms. The monoisotopic (exact) mass is 226 g/mol. The van der Waals surface area contributed by atoms with Gasteiger partial charge in [-0.05, 0) is 25.7 Å². The van der Waals surface area contributed by atoms with Crippen molar-refractivity contribution in [2.24, 2.45) is 4.99 Å². The second kappa shape index (κ2) is 7.11. The fraction of sp³-hybridized carbons (Fsp3) is 0.727. The van der Waals surface area contributed by atoms with Crippen LogP contribution in [-0.4, -0.2) is 35.8 Å². The van der Waals surface area contributed by atoms with Crippen LogP contribution in [0.4, 0.5) is 0 Å². The molecule has 5 nitrogen and oxygen atoms in total. The zero-order chi connectivity index (χ0) is 11.8. The summed E-state index contributed by atoms with van der Waals surface area (Å²) in [5.41, 5.74) is 0.405. The van der Waals surface area contributed by atoms with E-state index in [0.717, 1.165) is 25.9 Å². The fourth-order valence-electron chi connectivity index (χ4n) is 1.48. The highest BCUT2D eigenvalue weighted by Crippen LogP contribution is 2.13. The van der Waals surface area contributed by atoms with Gasteiger partial charge < -0.3 is 15.3 Å². The van der Waals surface area contributed by atoms with E-state index < -0.39 is 5.97 Å². The van der Waals surface area contributed by atoms with Gasteiger partial charge in [0.05, 0.1) is 6.42 Å². The zero-order valence-electron chi connectivity index (χ0n) is 9.32. The maximum atomic E-state index is 10.3. The van der Waals surface area contributed by atoms with Gasteiger partial charge in [0.15, 0.2) is 0 Å². The van der Waals surface area contributed by atoms with Crippen LogP contribution >= 0.6 is 0 Å². The number of hydrogen-bond acceptors (Lipinski definition) is 4. The molecule has 1 fully saturated rings. The molecule has 0 bridgehead atoms. The van der Waals surface area contributed by atoms with Crippen LogP contribution in [0.3, 0.4) is 0 Å². The number of carboxylic acids is 1. The fourth-order valence-corrected chi connectivity index (χ4v) is 1.48. The lowest BCUT2D eigenvalue weighted by Gasteiger charge is -2.18. The Labute approximate surface area is 95.0 Å². The van der Waals surface area contributed by atoms with E-state index in [9.17, 15) is 4.79 Å². The van der Waals surface area contributed by atoms with Crippen LogP contribution in [0.1, 0.15) is 38.5 Å². The number of nitrogens with zero attached hydrogens (tertiary/aromatic N) is 1.